The lowest BCUT2D eigenvalue weighted by molar-refractivity contribution is 0.122. The summed E-state index contributed by atoms with van der Waals surface area (Å²) < 4.78 is 5.37. The smallest absolute Gasteiger partial charge is 0.252 e. The number of aromatic amines is 1. The summed E-state index contributed by atoms with van der Waals surface area (Å²) in [5.41, 5.74) is 2.03. The summed E-state index contributed by atoms with van der Waals surface area (Å²) in [6.07, 6.45) is 1.78. The molecule has 0 aromatic carbocycles. The van der Waals surface area contributed by atoms with Crippen molar-refractivity contribution < 1.29 is 4.74 Å². The average Bonchev–Trinajstić information content (AvgIpc) is 2.68. The van der Waals surface area contributed by atoms with Gasteiger partial charge in [0.25, 0.3) is 5.56 Å². The first-order valence-electron chi connectivity index (χ1n) is 9.32. The number of nitrogens with one attached hydrogen (secondary N) is 1. The molecule has 0 atom stereocenters. The van der Waals surface area contributed by atoms with E-state index in [4.69, 9.17) is 4.74 Å². The van der Waals surface area contributed by atoms with Crippen molar-refractivity contribution in [1.29, 1.82) is 0 Å². The number of hydrogen-bond acceptors (Lipinski definition) is 8. The Kier molecular flexibility index (Phi) is 5.04. The molecular formula is C18H25N7O2. The summed E-state index contributed by atoms with van der Waals surface area (Å²) in [5.74, 6) is 1.31. The van der Waals surface area contributed by atoms with E-state index in [2.05, 4.69) is 36.8 Å². The zero-order valence-electron chi connectivity index (χ0n) is 15.8. The third-order valence-electron chi connectivity index (χ3n) is 5.07. The third-order valence-corrected chi connectivity index (χ3v) is 5.07. The Labute approximate surface area is 158 Å². The summed E-state index contributed by atoms with van der Waals surface area (Å²) >= 11 is 0. The maximum absolute atomic E-state index is 12.2. The van der Waals surface area contributed by atoms with Crippen molar-refractivity contribution in [2.75, 3.05) is 69.3 Å². The molecule has 4 heterocycles. The van der Waals surface area contributed by atoms with E-state index < -0.39 is 0 Å². The number of hydrogen-bond donors (Lipinski definition) is 1. The maximum Gasteiger partial charge on any atom is 0.252 e. The van der Waals surface area contributed by atoms with Gasteiger partial charge in [0.2, 0.25) is 11.9 Å². The summed E-state index contributed by atoms with van der Waals surface area (Å²) in [6.45, 7) is 8.47. The number of H-pyrrole nitrogens is 1. The van der Waals surface area contributed by atoms with Gasteiger partial charge in [-0.3, -0.25) is 9.78 Å². The molecule has 2 aromatic heterocycles. The molecule has 0 bridgehead atoms. The molecule has 1 N–H and O–H groups in total. The van der Waals surface area contributed by atoms with Crippen molar-refractivity contribution in [3.05, 3.63) is 28.3 Å². The Morgan fingerprint density at radius 2 is 1.78 bits per heavy atom. The molecule has 144 valence electrons. The third kappa shape index (κ3) is 3.93. The van der Waals surface area contributed by atoms with Crippen molar-refractivity contribution in [2.24, 2.45) is 0 Å². The summed E-state index contributed by atoms with van der Waals surface area (Å²) in [6, 6.07) is 1.51. The number of morpholine rings is 1. The molecule has 4 rings (SSSR count). The topological polar surface area (TPSA) is 90.5 Å². The lowest BCUT2D eigenvalue weighted by Gasteiger charge is -2.32. The fourth-order valence-electron chi connectivity index (χ4n) is 3.37. The van der Waals surface area contributed by atoms with Crippen LogP contribution in [0.5, 0.6) is 0 Å². The largest absolute Gasteiger partial charge is 0.378 e. The van der Waals surface area contributed by atoms with Gasteiger partial charge in [0.1, 0.15) is 0 Å². The number of anilines is 2. The van der Waals surface area contributed by atoms with Crippen LogP contribution in [0.25, 0.3) is 11.3 Å². The van der Waals surface area contributed by atoms with Crippen LogP contribution in [0.1, 0.15) is 5.69 Å². The van der Waals surface area contributed by atoms with Gasteiger partial charge in [0.15, 0.2) is 0 Å². The SMILES string of the molecule is Cc1nc(N2CCN(C)CC2)ncc1-c1cc(=O)[nH]c(N2CCOCC2)n1. The second-order valence-electron chi connectivity index (χ2n) is 7.01. The van der Waals surface area contributed by atoms with Crippen LogP contribution >= 0.6 is 0 Å². The normalized spacial score (nSPS) is 18.7. The van der Waals surface area contributed by atoms with Gasteiger partial charge in [-0.05, 0) is 14.0 Å². The van der Waals surface area contributed by atoms with Gasteiger partial charge in [-0.15, -0.1) is 0 Å². The molecule has 0 amide bonds. The minimum atomic E-state index is -0.177. The molecule has 0 radical (unpaired) electrons. The number of rotatable bonds is 3. The van der Waals surface area contributed by atoms with Gasteiger partial charge in [0.05, 0.1) is 24.6 Å². The fourth-order valence-corrected chi connectivity index (χ4v) is 3.37. The highest BCUT2D eigenvalue weighted by molar-refractivity contribution is 5.62. The Bertz CT molecular complexity index is 855. The van der Waals surface area contributed by atoms with Gasteiger partial charge in [-0.1, -0.05) is 0 Å². The molecule has 0 unspecified atom stereocenters. The highest BCUT2D eigenvalue weighted by Crippen LogP contribution is 2.22. The molecule has 2 fully saturated rings. The fraction of sp³-hybridized carbons (Fsp3) is 0.556. The van der Waals surface area contributed by atoms with E-state index in [0.717, 1.165) is 43.4 Å². The van der Waals surface area contributed by atoms with Gasteiger partial charge >= 0.3 is 0 Å². The van der Waals surface area contributed by atoms with E-state index in [-0.39, 0.29) is 5.56 Å². The molecule has 9 heteroatoms. The minimum absolute atomic E-state index is 0.177. The van der Waals surface area contributed by atoms with Crippen LogP contribution in [-0.2, 0) is 4.74 Å². The van der Waals surface area contributed by atoms with Gasteiger partial charge in [0, 0.05) is 57.1 Å². The van der Waals surface area contributed by atoms with E-state index in [1.165, 1.54) is 6.07 Å². The first-order chi connectivity index (χ1) is 13.1. The predicted molar refractivity (Wildman–Crippen MR) is 103 cm³/mol. The number of ether oxygens (including phenoxy) is 1. The van der Waals surface area contributed by atoms with Crippen molar-refractivity contribution in [3.8, 4) is 11.3 Å². The molecule has 2 aliphatic rings. The van der Waals surface area contributed by atoms with E-state index in [9.17, 15) is 4.79 Å². The molecule has 0 aliphatic carbocycles. The monoisotopic (exact) mass is 371 g/mol. The molecule has 2 aromatic rings. The summed E-state index contributed by atoms with van der Waals surface area (Å²) in [7, 11) is 2.12. The molecule has 0 saturated carbocycles. The molecule has 27 heavy (non-hydrogen) atoms. The number of likely N-dealkylation sites (N-methyl/N-ethyl adjacent to an activating group) is 1. The zero-order chi connectivity index (χ0) is 18.8. The molecule has 0 spiro atoms. The standard InChI is InChI=1S/C18H25N7O2/c1-13-14(12-19-17(20-13)24-5-3-23(2)4-6-24)15-11-16(26)22-18(21-15)25-7-9-27-10-8-25/h11-12H,3-10H2,1-2H3,(H,21,22,26). The summed E-state index contributed by atoms with van der Waals surface area (Å²) in [4.78, 5) is 35.4. The molecule has 2 aliphatic heterocycles. The van der Waals surface area contributed by atoms with Crippen LogP contribution < -0.4 is 15.4 Å². The number of aryl methyl sites for hydroxylation is 1. The Balaban J connectivity index is 1.61. The highest BCUT2D eigenvalue weighted by atomic mass is 16.5. The quantitative estimate of drug-likeness (QED) is 0.814. The zero-order valence-corrected chi connectivity index (χ0v) is 15.8. The highest BCUT2D eigenvalue weighted by Gasteiger charge is 2.19. The van der Waals surface area contributed by atoms with Gasteiger partial charge in [-0.25, -0.2) is 15.0 Å². The van der Waals surface area contributed by atoms with Crippen LogP contribution in [0.3, 0.4) is 0 Å². The predicted octanol–water partition coefficient (Wildman–Crippen LogP) is 0.124. The molecule has 9 nitrogen and oxygen atoms in total. The van der Waals surface area contributed by atoms with Crippen LogP contribution in [0, 0.1) is 6.92 Å². The van der Waals surface area contributed by atoms with Crippen molar-refractivity contribution >= 4 is 11.9 Å². The first kappa shape index (κ1) is 17.9. The van der Waals surface area contributed by atoms with Crippen LogP contribution in [-0.4, -0.2) is 84.4 Å². The van der Waals surface area contributed by atoms with E-state index in [1.54, 1.807) is 6.20 Å². The minimum Gasteiger partial charge on any atom is -0.378 e. The van der Waals surface area contributed by atoms with Gasteiger partial charge < -0.3 is 19.4 Å². The van der Waals surface area contributed by atoms with Crippen molar-refractivity contribution in [1.82, 2.24) is 24.8 Å². The van der Waals surface area contributed by atoms with Crippen LogP contribution in [0.15, 0.2) is 17.1 Å². The Morgan fingerprint density at radius 3 is 2.48 bits per heavy atom. The lowest BCUT2D eigenvalue weighted by Crippen LogP contribution is -2.45. The molecule has 2 saturated heterocycles. The number of nitrogens with zero attached hydrogens (tertiary/aromatic N) is 6. The van der Waals surface area contributed by atoms with Crippen molar-refractivity contribution in [3.63, 3.8) is 0 Å². The Morgan fingerprint density at radius 1 is 1.04 bits per heavy atom. The maximum atomic E-state index is 12.2. The first-order valence-corrected chi connectivity index (χ1v) is 9.32. The van der Waals surface area contributed by atoms with Crippen LogP contribution in [0.2, 0.25) is 0 Å². The average molecular weight is 371 g/mol. The van der Waals surface area contributed by atoms with E-state index in [1.807, 2.05) is 11.8 Å². The lowest BCUT2D eigenvalue weighted by atomic mass is 10.1. The van der Waals surface area contributed by atoms with E-state index in [0.29, 0.717) is 37.9 Å². The van der Waals surface area contributed by atoms with Gasteiger partial charge in [-0.2, -0.15) is 0 Å². The molecular weight excluding hydrogens is 346 g/mol. The number of piperazine rings is 1. The second-order valence-corrected chi connectivity index (χ2v) is 7.01. The van der Waals surface area contributed by atoms with E-state index >= 15 is 0 Å². The Hall–Kier alpha value is -2.52. The van der Waals surface area contributed by atoms with Crippen molar-refractivity contribution in [2.45, 2.75) is 6.92 Å². The second kappa shape index (κ2) is 7.61. The van der Waals surface area contributed by atoms with Crippen LogP contribution in [0.4, 0.5) is 11.9 Å². The summed E-state index contributed by atoms with van der Waals surface area (Å²) in [5, 5.41) is 0. The number of aromatic nitrogens is 4.